The summed E-state index contributed by atoms with van der Waals surface area (Å²) in [5, 5.41) is 0. The summed E-state index contributed by atoms with van der Waals surface area (Å²) in [5.41, 5.74) is -0.799. The first-order chi connectivity index (χ1) is 13.8. The van der Waals surface area contributed by atoms with Crippen LogP contribution in [0.4, 0.5) is 22.0 Å². The van der Waals surface area contributed by atoms with Gasteiger partial charge < -0.3 is 14.5 Å². The van der Waals surface area contributed by atoms with Crippen molar-refractivity contribution in [1.29, 1.82) is 0 Å². The highest BCUT2D eigenvalue weighted by Gasteiger charge is 2.36. The smallest absolute Gasteiger partial charge is 0.419 e. The Bertz CT molecular complexity index is 750. The summed E-state index contributed by atoms with van der Waals surface area (Å²) in [6.07, 6.45) is -2.69. The number of hydrogen-bond acceptors (Lipinski definition) is 4. The molecular weight excluding hydrogens is 393 g/mol. The number of alkyl halides is 5. The van der Waals surface area contributed by atoms with Crippen LogP contribution in [0.5, 0.6) is 5.75 Å². The Morgan fingerprint density at radius 2 is 2.00 bits per heavy atom. The monoisotopic (exact) mass is 417 g/mol. The Labute approximate surface area is 166 Å². The maximum Gasteiger partial charge on any atom is 0.419 e. The van der Waals surface area contributed by atoms with Crippen LogP contribution >= 0.6 is 0 Å². The van der Waals surface area contributed by atoms with E-state index < -0.39 is 24.3 Å². The van der Waals surface area contributed by atoms with Crippen molar-refractivity contribution >= 4 is 6.21 Å². The van der Waals surface area contributed by atoms with Crippen LogP contribution in [-0.2, 0) is 6.18 Å². The zero-order valence-electron chi connectivity index (χ0n) is 16.1. The maximum atomic E-state index is 13.2. The summed E-state index contributed by atoms with van der Waals surface area (Å²) in [6.45, 7) is 2.87. The molecule has 0 radical (unpaired) electrons. The summed E-state index contributed by atoms with van der Waals surface area (Å²) < 4.78 is 71.2. The number of rotatable bonds is 6. The molecule has 1 unspecified atom stereocenters. The van der Waals surface area contributed by atoms with Crippen molar-refractivity contribution in [2.45, 2.75) is 38.5 Å². The van der Waals surface area contributed by atoms with Gasteiger partial charge in [0.15, 0.2) is 0 Å². The predicted octanol–water partition coefficient (Wildman–Crippen LogP) is 4.64. The van der Waals surface area contributed by atoms with Crippen molar-refractivity contribution in [3.8, 4) is 5.75 Å². The summed E-state index contributed by atoms with van der Waals surface area (Å²) in [5.74, 6) is 0.399. The van der Waals surface area contributed by atoms with E-state index in [4.69, 9.17) is 4.74 Å². The minimum atomic E-state index is -4.49. The molecule has 29 heavy (non-hydrogen) atoms. The van der Waals surface area contributed by atoms with E-state index in [0.717, 1.165) is 18.9 Å². The zero-order chi connectivity index (χ0) is 21.0. The van der Waals surface area contributed by atoms with Crippen molar-refractivity contribution in [2.24, 2.45) is 10.9 Å². The molecule has 4 nitrogen and oxygen atoms in total. The van der Waals surface area contributed by atoms with Crippen LogP contribution in [0.15, 0.2) is 41.3 Å². The van der Waals surface area contributed by atoms with Crippen LogP contribution in [-0.4, -0.2) is 54.7 Å². The van der Waals surface area contributed by atoms with E-state index in [1.807, 2.05) is 4.90 Å². The number of nitrogens with zero attached hydrogens (tertiary/aromatic N) is 3. The number of benzene rings is 1. The van der Waals surface area contributed by atoms with Gasteiger partial charge in [0.05, 0.1) is 24.9 Å². The Morgan fingerprint density at radius 3 is 2.72 bits per heavy atom. The normalized spacial score (nSPS) is 21.3. The lowest BCUT2D eigenvalue weighted by Crippen LogP contribution is -2.46. The fraction of sp³-hybridized carbons (Fsp3) is 0.550. The third-order valence-electron chi connectivity index (χ3n) is 5.23. The van der Waals surface area contributed by atoms with Crippen LogP contribution in [0.2, 0.25) is 0 Å². The minimum Gasteiger partial charge on any atom is -0.490 e. The van der Waals surface area contributed by atoms with Gasteiger partial charge in [0.1, 0.15) is 17.7 Å². The van der Waals surface area contributed by atoms with Crippen LogP contribution in [0.25, 0.3) is 0 Å². The highest BCUT2D eigenvalue weighted by atomic mass is 19.4. The lowest BCUT2D eigenvalue weighted by Gasteiger charge is -2.42. The number of piperidine rings is 1. The van der Waals surface area contributed by atoms with Crippen molar-refractivity contribution in [2.75, 3.05) is 26.2 Å². The Balaban J connectivity index is 1.69. The van der Waals surface area contributed by atoms with Gasteiger partial charge in [-0.15, -0.1) is 0 Å². The molecule has 0 amide bonds. The van der Waals surface area contributed by atoms with Gasteiger partial charge in [-0.3, -0.25) is 4.99 Å². The first-order valence-electron chi connectivity index (χ1n) is 9.58. The van der Waals surface area contributed by atoms with Gasteiger partial charge in [-0.05, 0) is 31.9 Å². The second-order valence-electron chi connectivity index (χ2n) is 7.28. The highest BCUT2D eigenvalue weighted by Crippen LogP contribution is 2.37. The molecular formula is C20H24F5N3O. The third-order valence-corrected chi connectivity index (χ3v) is 5.23. The van der Waals surface area contributed by atoms with Crippen LogP contribution in [0.1, 0.15) is 25.3 Å². The lowest BCUT2D eigenvalue weighted by molar-refractivity contribution is -0.139. The largest absolute Gasteiger partial charge is 0.490 e. The summed E-state index contributed by atoms with van der Waals surface area (Å²) in [7, 11) is 0. The van der Waals surface area contributed by atoms with Crippen molar-refractivity contribution in [3.63, 3.8) is 0 Å². The molecule has 0 aliphatic carbocycles. The fourth-order valence-corrected chi connectivity index (χ4v) is 3.76. The molecule has 0 bridgehead atoms. The molecule has 1 saturated heterocycles. The van der Waals surface area contributed by atoms with E-state index in [1.54, 1.807) is 24.2 Å². The molecule has 2 aliphatic rings. The molecule has 0 spiro atoms. The van der Waals surface area contributed by atoms with Crippen LogP contribution < -0.4 is 4.74 Å². The first-order valence-corrected chi connectivity index (χ1v) is 9.58. The first kappa shape index (κ1) is 21.4. The summed E-state index contributed by atoms with van der Waals surface area (Å²) >= 11 is 0. The Kier molecular flexibility index (Phi) is 6.64. The molecule has 9 heteroatoms. The van der Waals surface area contributed by atoms with Crippen LogP contribution in [0.3, 0.4) is 0 Å². The SMILES string of the molecule is CC(Oc1ccccc1C(F)(F)F)[C@@H]1CCCN(C2=CN=CCN2CC(F)F)C1. The molecule has 1 aromatic carbocycles. The van der Waals surface area contributed by atoms with E-state index in [-0.39, 0.29) is 18.2 Å². The van der Waals surface area contributed by atoms with Gasteiger partial charge in [0.25, 0.3) is 6.43 Å². The highest BCUT2D eigenvalue weighted by molar-refractivity contribution is 5.62. The van der Waals surface area contributed by atoms with Gasteiger partial charge in [-0.25, -0.2) is 8.78 Å². The van der Waals surface area contributed by atoms with E-state index in [2.05, 4.69) is 4.99 Å². The standard InChI is InChI=1S/C20H24F5N3O/c1-14(29-17-7-3-2-6-16(17)20(23,24)25)15-5-4-9-27(12-15)19-11-26-8-10-28(19)13-18(21)22/h2-3,6-8,11,14-15,18H,4-5,9-10,12-13H2,1H3/t14?,15-/m1/s1. The topological polar surface area (TPSA) is 28.1 Å². The minimum absolute atomic E-state index is 0.0368. The molecule has 160 valence electrons. The molecule has 0 N–H and O–H groups in total. The number of aliphatic imine (C=N–C) groups is 1. The van der Waals surface area contributed by atoms with Gasteiger partial charge in [-0.2, -0.15) is 13.2 Å². The summed E-state index contributed by atoms with van der Waals surface area (Å²) in [4.78, 5) is 7.64. The molecule has 2 aliphatic heterocycles. The van der Waals surface area contributed by atoms with Crippen LogP contribution in [0, 0.1) is 5.92 Å². The quantitative estimate of drug-likeness (QED) is 0.632. The number of halogens is 5. The average Bonchev–Trinajstić information content (AvgIpc) is 2.67. The maximum absolute atomic E-state index is 13.2. The molecule has 3 rings (SSSR count). The van der Waals surface area contributed by atoms with E-state index >= 15 is 0 Å². The molecule has 0 saturated carbocycles. The number of ether oxygens (including phenoxy) is 1. The van der Waals surface area contributed by atoms with Crippen molar-refractivity contribution < 1.29 is 26.7 Å². The molecule has 2 heterocycles. The van der Waals surface area contributed by atoms with Gasteiger partial charge in [-0.1, -0.05) is 12.1 Å². The molecule has 1 aromatic rings. The Hall–Kier alpha value is -2.32. The molecule has 0 aromatic heterocycles. The van der Waals surface area contributed by atoms with E-state index in [1.165, 1.54) is 18.2 Å². The van der Waals surface area contributed by atoms with E-state index in [9.17, 15) is 22.0 Å². The number of likely N-dealkylation sites (tertiary alicyclic amines) is 1. The third kappa shape index (κ3) is 5.39. The number of para-hydroxylation sites is 1. The van der Waals surface area contributed by atoms with Crippen molar-refractivity contribution in [1.82, 2.24) is 9.80 Å². The predicted molar refractivity (Wildman–Crippen MR) is 100.0 cm³/mol. The second kappa shape index (κ2) is 9.00. The lowest BCUT2D eigenvalue weighted by atomic mass is 9.93. The van der Waals surface area contributed by atoms with Gasteiger partial charge >= 0.3 is 6.18 Å². The number of hydrogen-bond donors (Lipinski definition) is 0. The second-order valence-corrected chi connectivity index (χ2v) is 7.28. The van der Waals surface area contributed by atoms with Gasteiger partial charge in [0.2, 0.25) is 0 Å². The van der Waals surface area contributed by atoms with E-state index in [0.29, 0.717) is 25.5 Å². The zero-order valence-corrected chi connectivity index (χ0v) is 16.1. The molecule has 1 fully saturated rings. The van der Waals surface area contributed by atoms with Crippen molar-refractivity contribution in [3.05, 3.63) is 41.8 Å². The summed E-state index contributed by atoms with van der Waals surface area (Å²) in [6, 6.07) is 5.17. The fourth-order valence-electron chi connectivity index (χ4n) is 3.76. The Morgan fingerprint density at radius 1 is 1.24 bits per heavy atom. The average molecular weight is 417 g/mol. The van der Waals surface area contributed by atoms with Gasteiger partial charge in [0, 0.05) is 25.2 Å². The molecule has 2 atom stereocenters.